The number of carboxylic acids is 1. The Labute approximate surface area is 71.0 Å². The van der Waals surface area contributed by atoms with Crippen LogP contribution in [0.25, 0.3) is 0 Å². The second-order valence-corrected chi connectivity index (χ2v) is 1.91. The smallest absolute Gasteiger partial charge is 0.222 e. The largest absolute Gasteiger partial charge is 0.550 e. The molecule has 4 nitrogen and oxygen atoms in total. The number of rotatable bonds is 1. The predicted octanol–water partition coefficient (Wildman–Crippen LogP) is -1.21. The lowest BCUT2D eigenvalue weighted by atomic mass is 10.5. The second-order valence-electron chi connectivity index (χ2n) is 1.91. The minimum absolute atomic E-state index is 0.972. The van der Waals surface area contributed by atoms with Gasteiger partial charge in [0.15, 0.2) is 0 Å². The minimum Gasteiger partial charge on any atom is -0.550 e. The van der Waals surface area contributed by atoms with Crippen molar-refractivity contribution in [3.63, 3.8) is 0 Å². The third-order valence-corrected chi connectivity index (χ3v) is 0.899. The van der Waals surface area contributed by atoms with Gasteiger partial charge in [0, 0.05) is 22.8 Å². The van der Waals surface area contributed by atoms with Crippen molar-refractivity contribution in [2.45, 2.75) is 6.92 Å². The Kier molecular flexibility index (Phi) is 5.34. The third kappa shape index (κ3) is 6.54. The van der Waals surface area contributed by atoms with Crippen LogP contribution in [-0.4, -0.2) is 13.1 Å². The fourth-order valence-corrected chi connectivity index (χ4v) is 0.505. The van der Waals surface area contributed by atoms with Crippen LogP contribution in [0, 0.1) is 0 Å². The molecule has 0 unspecified atom stereocenters. The van der Waals surface area contributed by atoms with Crippen LogP contribution in [0.4, 0.5) is 0 Å². The van der Waals surface area contributed by atoms with Gasteiger partial charge in [0.25, 0.3) is 0 Å². The Morgan fingerprint density at radius 3 is 2.00 bits per heavy atom. The Balaban J connectivity index is 0.000000261. The van der Waals surface area contributed by atoms with E-state index in [2.05, 4.69) is 0 Å². The molecule has 1 aromatic rings. The van der Waals surface area contributed by atoms with Crippen LogP contribution in [0.3, 0.4) is 0 Å². The molecule has 0 radical (unpaired) electrons. The van der Waals surface area contributed by atoms with Crippen LogP contribution in [-0.2, 0) is 4.79 Å². The fraction of sp³-hybridized carbons (Fsp3) is 0.250. The van der Waals surface area contributed by atoms with Gasteiger partial charge in [-0.3, -0.25) is 4.84 Å². The molecule has 0 aliphatic rings. The number of pyridine rings is 1. The molecule has 0 aliphatic carbocycles. The second kappa shape index (κ2) is 6.15. The quantitative estimate of drug-likeness (QED) is 0.496. The normalized spacial score (nSPS) is 7.83. The maximum atomic E-state index is 8.89. The molecule has 0 amide bonds. The standard InChI is InChI=1S/C6H8NO.C2H4O2/c1-8-7-5-3-2-4-6-7;1-2(3)4/h2-6H,1H3;1H3,(H,3,4)/q+1;/p-1. The predicted molar refractivity (Wildman–Crippen MR) is 39.8 cm³/mol. The van der Waals surface area contributed by atoms with E-state index in [1.807, 2.05) is 30.6 Å². The lowest BCUT2D eigenvalue weighted by molar-refractivity contribution is -0.885. The molecule has 0 atom stereocenters. The average molecular weight is 169 g/mol. The van der Waals surface area contributed by atoms with Crippen molar-refractivity contribution in [2.75, 3.05) is 7.11 Å². The van der Waals surface area contributed by atoms with Crippen molar-refractivity contribution < 1.29 is 19.5 Å². The molecule has 0 saturated heterocycles. The lowest BCUT2D eigenvalue weighted by Gasteiger charge is -1.84. The number of hydrogen-bond donors (Lipinski definition) is 0. The van der Waals surface area contributed by atoms with Gasteiger partial charge in [-0.2, -0.15) is 0 Å². The Bertz CT molecular complexity index is 219. The zero-order valence-corrected chi connectivity index (χ0v) is 7.06. The highest BCUT2D eigenvalue weighted by atomic mass is 16.6. The van der Waals surface area contributed by atoms with Crippen LogP contribution in [0.15, 0.2) is 30.6 Å². The summed E-state index contributed by atoms with van der Waals surface area (Å²) < 4.78 is 1.62. The first kappa shape index (κ1) is 10.4. The SMILES string of the molecule is CC(=O)[O-].CO[n+]1ccccc1. The number of hydrogen-bond acceptors (Lipinski definition) is 3. The molecule has 0 N–H and O–H groups in total. The summed E-state index contributed by atoms with van der Waals surface area (Å²) >= 11 is 0. The van der Waals surface area contributed by atoms with Crippen molar-refractivity contribution in [2.24, 2.45) is 0 Å². The molecule has 4 heteroatoms. The van der Waals surface area contributed by atoms with Crippen LogP contribution in [0.1, 0.15) is 6.92 Å². The monoisotopic (exact) mass is 169 g/mol. The molecule has 1 rings (SSSR count). The third-order valence-electron chi connectivity index (χ3n) is 0.899. The van der Waals surface area contributed by atoms with E-state index >= 15 is 0 Å². The highest BCUT2D eigenvalue weighted by Crippen LogP contribution is 1.72. The summed E-state index contributed by atoms with van der Waals surface area (Å²) in [5.74, 6) is -1.08. The number of carboxylic acid groups (broad SMARTS) is 1. The van der Waals surface area contributed by atoms with Crippen LogP contribution < -0.4 is 14.7 Å². The highest BCUT2D eigenvalue weighted by molar-refractivity contribution is 5.60. The van der Waals surface area contributed by atoms with Crippen molar-refractivity contribution in [3.8, 4) is 0 Å². The molecule has 0 spiro atoms. The van der Waals surface area contributed by atoms with E-state index < -0.39 is 5.97 Å². The van der Waals surface area contributed by atoms with Gasteiger partial charge >= 0.3 is 0 Å². The summed E-state index contributed by atoms with van der Waals surface area (Å²) in [7, 11) is 1.62. The van der Waals surface area contributed by atoms with Gasteiger partial charge < -0.3 is 9.90 Å². The molecular formula is C8H11NO3. The van der Waals surface area contributed by atoms with E-state index in [9.17, 15) is 0 Å². The van der Waals surface area contributed by atoms with Crippen molar-refractivity contribution in [1.29, 1.82) is 0 Å². The van der Waals surface area contributed by atoms with Crippen LogP contribution in [0.2, 0.25) is 0 Å². The lowest BCUT2D eigenvalue weighted by Crippen LogP contribution is -2.38. The van der Waals surface area contributed by atoms with Gasteiger partial charge in [0.05, 0.1) is 0 Å². The minimum atomic E-state index is -1.08. The molecular weight excluding hydrogens is 158 g/mol. The number of nitrogens with zero attached hydrogens (tertiary/aromatic N) is 1. The van der Waals surface area contributed by atoms with E-state index in [1.165, 1.54) is 0 Å². The molecule has 1 aromatic heterocycles. The van der Waals surface area contributed by atoms with E-state index in [0.717, 1.165) is 6.92 Å². The molecule has 1 heterocycles. The molecule has 66 valence electrons. The van der Waals surface area contributed by atoms with Gasteiger partial charge in [0.2, 0.25) is 12.4 Å². The van der Waals surface area contributed by atoms with E-state index in [0.29, 0.717) is 0 Å². The van der Waals surface area contributed by atoms with E-state index in [1.54, 1.807) is 11.8 Å². The zero-order valence-electron chi connectivity index (χ0n) is 7.06. The number of carbonyl (C=O) groups is 1. The summed E-state index contributed by atoms with van der Waals surface area (Å²) in [5, 5.41) is 8.89. The first-order valence-electron chi connectivity index (χ1n) is 3.35. The fourth-order valence-electron chi connectivity index (χ4n) is 0.505. The van der Waals surface area contributed by atoms with Gasteiger partial charge in [-0.05, 0) is 6.92 Å². The summed E-state index contributed by atoms with van der Waals surface area (Å²) in [6.45, 7) is 0.972. The van der Waals surface area contributed by atoms with E-state index in [-0.39, 0.29) is 0 Å². The summed E-state index contributed by atoms with van der Waals surface area (Å²) in [5.41, 5.74) is 0. The molecule has 0 bridgehead atoms. The average Bonchev–Trinajstić information content (AvgIpc) is 2.05. The summed E-state index contributed by atoms with van der Waals surface area (Å²) in [6, 6.07) is 5.75. The van der Waals surface area contributed by atoms with Gasteiger partial charge in [-0.1, -0.05) is 6.07 Å². The first-order valence-corrected chi connectivity index (χ1v) is 3.35. The Hall–Kier alpha value is -1.58. The summed E-state index contributed by atoms with van der Waals surface area (Å²) in [6.07, 6.45) is 3.67. The number of aromatic nitrogens is 1. The molecule has 0 saturated carbocycles. The maximum Gasteiger partial charge on any atom is 0.222 e. The van der Waals surface area contributed by atoms with Crippen molar-refractivity contribution in [1.82, 2.24) is 0 Å². The van der Waals surface area contributed by atoms with Gasteiger partial charge in [0.1, 0.15) is 7.11 Å². The molecule has 0 aliphatic heterocycles. The summed E-state index contributed by atoms with van der Waals surface area (Å²) in [4.78, 5) is 13.7. The van der Waals surface area contributed by atoms with Gasteiger partial charge in [-0.25, -0.2) is 0 Å². The highest BCUT2D eigenvalue weighted by Gasteiger charge is 1.88. The van der Waals surface area contributed by atoms with Crippen LogP contribution >= 0.6 is 0 Å². The van der Waals surface area contributed by atoms with Crippen LogP contribution in [0.5, 0.6) is 0 Å². The topological polar surface area (TPSA) is 53.2 Å². The molecule has 0 fully saturated rings. The molecule has 0 aromatic carbocycles. The van der Waals surface area contributed by atoms with E-state index in [4.69, 9.17) is 14.7 Å². The van der Waals surface area contributed by atoms with Crippen molar-refractivity contribution in [3.05, 3.63) is 30.6 Å². The number of carbonyl (C=O) groups excluding carboxylic acids is 1. The number of aliphatic carboxylic acids is 1. The van der Waals surface area contributed by atoms with Crippen molar-refractivity contribution >= 4 is 5.97 Å². The zero-order chi connectivity index (χ0) is 9.40. The Morgan fingerprint density at radius 1 is 1.33 bits per heavy atom. The maximum absolute atomic E-state index is 8.89. The van der Waals surface area contributed by atoms with Gasteiger partial charge in [-0.15, -0.1) is 0 Å². The first-order chi connectivity index (χ1) is 5.66. The Morgan fingerprint density at radius 2 is 1.75 bits per heavy atom. The molecule has 12 heavy (non-hydrogen) atoms.